The van der Waals surface area contributed by atoms with Gasteiger partial charge in [0.05, 0.1) is 0 Å². The van der Waals surface area contributed by atoms with E-state index in [4.69, 9.17) is 9.97 Å². The van der Waals surface area contributed by atoms with E-state index >= 15 is 0 Å². The molecule has 1 saturated heterocycles. The molecule has 0 aliphatic carbocycles. The highest BCUT2D eigenvalue weighted by molar-refractivity contribution is 5.61. The van der Waals surface area contributed by atoms with Gasteiger partial charge in [-0.3, -0.25) is 0 Å². The molecule has 2 aromatic carbocycles. The molecule has 0 bridgehead atoms. The number of hydrogen-bond donors (Lipinski definition) is 0. The highest BCUT2D eigenvalue weighted by Crippen LogP contribution is 2.28. The van der Waals surface area contributed by atoms with Crippen LogP contribution in [0.5, 0.6) is 0 Å². The summed E-state index contributed by atoms with van der Waals surface area (Å²) in [6, 6.07) is 23.1. The van der Waals surface area contributed by atoms with Gasteiger partial charge in [-0.25, -0.2) is 4.98 Å². The second-order valence-corrected chi connectivity index (χ2v) is 7.50. The lowest BCUT2D eigenvalue weighted by Crippen LogP contribution is -2.46. The topological polar surface area (TPSA) is 35.5 Å². The molecule has 0 radical (unpaired) electrons. The van der Waals surface area contributed by atoms with Gasteiger partial charge in [0.15, 0.2) is 0 Å². The van der Waals surface area contributed by atoms with Crippen LogP contribution >= 0.6 is 0 Å². The monoisotopic (exact) mass is 387 g/mol. The minimum Gasteiger partial charge on any atom is -0.338 e. The van der Waals surface area contributed by atoms with E-state index in [-0.39, 0.29) is 0 Å². The van der Waals surface area contributed by atoms with Crippen LogP contribution in [0.2, 0.25) is 0 Å². The first-order chi connectivity index (χ1) is 14.2. The summed E-state index contributed by atoms with van der Waals surface area (Å²) >= 11 is 0. The zero-order chi connectivity index (χ0) is 20.1. The number of aromatic nitrogens is 2. The third kappa shape index (κ3) is 4.74. The minimum atomic E-state index is 0.768. The first-order valence-corrected chi connectivity index (χ1v) is 10.4. The van der Waals surface area contributed by atoms with Crippen molar-refractivity contribution in [2.75, 3.05) is 42.5 Å². The van der Waals surface area contributed by atoms with Crippen molar-refractivity contribution in [1.82, 2.24) is 14.9 Å². The molecule has 0 N–H and O–H groups in total. The summed E-state index contributed by atoms with van der Waals surface area (Å²) in [5.41, 5.74) is 3.39. The molecule has 29 heavy (non-hydrogen) atoms. The summed E-state index contributed by atoms with van der Waals surface area (Å²) in [6.45, 7) is 10.2. The molecule has 0 unspecified atom stereocenters. The molecule has 0 atom stereocenters. The van der Waals surface area contributed by atoms with Crippen LogP contribution < -0.4 is 9.80 Å². The van der Waals surface area contributed by atoms with Crippen molar-refractivity contribution in [3.8, 4) is 0 Å². The highest BCUT2D eigenvalue weighted by atomic mass is 15.3. The number of nitrogens with zero attached hydrogens (tertiary/aromatic N) is 5. The van der Waals surface area contributed by atoms with Gasteiger partial charge in [0.1, 0.15) is 5.82 Å². The van der Waals surface area contributed by atoms with Gasteiger partial charge in [-0.15, -0.1) is 0 Å². The summed E-state index contributed by atoms with van der Waals surface area (Å²) in [5.74, 6) is 1.78. The molecule has 1 aliphatic heterocycles. The predicted molar refractivity (Wildman–Crippen MR) is 120 cm³/mol. The van der Waals surface area contributed by atoms with Crippen LogP contribution in [0.3, 0.4) is 0 Å². The lowest BCUT2D eigenvalue weighted by molar-refractivity contribution is 0.270. The molecule has 5 nitrogen and oxygen atoms in total. The first kappa shape index (κ1) is 19.4. The average molecular weight is 388 g/mol. The highest BCUT2D eigenvalue weighted by Gasteiger charge is 2.20. The maximum atomic E-state index is 5.00. The summed E-state index contributed by atoms with van der Waals surface area (Å²) in [4.78, 5) is 16.8. The summed E-state index contributed by atoms with van der Waals surface area (Å²) in [7, 11) is 0. The molecule has 4 rings (SSSR count). The van der Waals surface area contributed by atoms with Crippen LogP contribution in [-0.4, -0.2) is 47.6 Å². The van der Waals surface area contributed by atoms with E-state index < -0.39 is 0 Å². The van der Waals surface area contributed by atoms with Crippen LogP contribution in [0.1, 0.15) is 18.2 Å². The van der Waals surface area contributed by atoms with Crippen molar-refractivity contribution in [3.63, 3.8) is 0 Å². The van der Waals surface area contributed by atoms with Crippen molar-refractivity contribution < 1.29 is 0 Å². The lowest BCUT2D eigenvalue weighted by Gasteiger charge is -2.34. The van der Waals surface area contributed by atoms with Crippen LogP contribution in [-0.2, 0) is 6.54 Å². The molecule has 1 aliphatic rings. The van der Waals surface area contributed by atoms with Gasteiger partial charge < -0.3 is 14.7 Å². The minimum absolute atomic E-state index is 0.768. The largest absolute Gasteiger partial charge is 0.338 e. The Hall–Kier alpha value is -2.92. The smallest absolute Gasteiger partial charge is 0.227 e. The van der Waals surface area contributed by atoms with E-state index in [1.165, 1.54) is 5.56 Å². The molecular weight excluding hydrogens is 358 g/mol. The molecule has 2 heterocycles. The Morgan fingerprint density at radius 1 is 0.862 bits per heavy atom. The average Bonchev–Trinajstić information content (AvgIpc) is 2.78. The van der Waals surface area contributed by atoms with Crippen LogP contribution in [0.25, 0.3) is 0 Å². The van der Waals surface area contributed by atoms with E-state index in [1.807, 2.05) is 6.07 Å². The maximum absolute atomic E-state index is 5.00. The van der Waals surface area contributed by atoms with E-state index in [9.17, 15) is 0 Å². The lowest BCUT2D eigenvalue weighted by atomic mass is 10.2. The maximum Gasteiger partial charge on any atom is 0.227 e. The van der Waals surface area contributed by atoms with Crippen molar-refractivity contribution in [1.29, 1.82) is 0 Å². The summed E-state index contributed by atoms with van der Waals surface area (Å²) in [5, 5.41) is 0. The van der Waals surface area contributed by atoms with Gasteiger partial charge in [-0.05, 0) is 31.2 Å². The summed E-state index contributed by atoms with van der Waals surface area (Å²) in [6.07, 6.45) is 0. The SMILES string of the molecule is CCN1CCN(c2nc(C)cc(N(Cc3ccccc3)c3ccccc3)n2)CC1. The zero-order valence-corrected chi connectivity index (χ0v) is 17.3. The quantitative estimate of drug-likeness (QED) is 0.631. The number of para-hydroxylation sites is 1. The molecule has 0 spiro atoms. The summed E-state index contributed by atoms with van der Waals surface area (Å²) < 4.78 is 0. The van der Waals surface area contributed by atoms with Crippen molar-refractivity contribution in [3.05, 3.63) is 78.0 Å². The zero-order valence-electron chi connectivity index (χ0n) is 17.3. The molecule has 150 valence electrons. The fourth-order valence-electron chi connectivity index (χ4n) is 3.76. The standard InChI is InChI=1S/C24H29N5/c1-3-27-14-16-28(17-15-27)24-25-20(2)18-23(26-24)29(22-12-8-5-9-13-22)19-21-10-6-4-7-11-21/h4-13,18H,3,14-17,19H2,1-2H3. The van der Waals surface area contributed by atoms with Crippen LogP contribution in [0.4, 0.5) is 17.5 Å². The Morgan fingerprint density at radius 2 is 1.52 bits per heavy atom. The molecular formula is C24H29N5. The number of rotatable bonds is 6. The number of hydrogen-bond acceptors (Lipinski definition) is 5. The number of aryl methyl sites for hydroxylation is 1. The molecule has 1 fully saturated rings. The van der Waals surface area contributed by atoms with Gasteiger partial charge in [-0.1, -0.05) is 55.5 Å². The second kappa shape index (κ2) is 9.05. The third-order valence-electron chi connectivity index (χ3n) is 5.46. The molecule has 5 heteroatoms. The van der Waals surface area contributed by atoms with Gasteiger partial charge in [0.25, 0.3) is 0 Å². The third-order valence-corrected chi connectivity index (χ3v) is 5.46. The Balaban J connectivity index is 1.66. The van der Waals surface area contributed by atoms with Crippen molar-refractivity contribution in [2.24, 2.45) is 0 Å². The van der Waals surface area contributed by atoms with Crippen molar-refractivity contribution >= 4 is 17.5 Å². The normalized spacial score (nSPS) is 14.8. The van der Waals surface area contributed by atoms with Gasteiger partial charge in [-0.2, -0.15) is 4.98 Å². The number of likely N-dealkylation sites (N-methyl/N-ethyl adjacent to an activating group) is 1. The second-order valence-electron chi connectivity index (χ2n) is 7.50. The first-order valence-electron chi connectivity index (χ1n) is 10.4. The number of anilines is 3. The number of benzene rings is 2. The Kier molecular flexibility index (Phi) is 6.06. The van der Waals surface area contributed by atoms with E-state index in [2.05, 4.69) is 89.2 Å². The molecule has 3 aromatic rings. The van der Waals surface area contributed by atoms with E-state index in [0.29, 0.717) is 0 Å². The van der Waals surface area contributed by atoms with E-state index in [0.717, 1.165) is 62.4 Å². The van der Waals surface area contributed by atoms with Crippen molar-refractivity contribution in [2.45, 2.75) is 20.4 Å². The van der Waals surface area contributed by atoms with Crippen LogP contribution in [0, 0.1) is 6.92 Å². The predicted octanol–water partition coefficient (Wildman–Crippen LogP) is 4.27. The molecule has 0 saturated carbocycles. The van der Waals surface area contributed by atoms with Gasteiger partial charge in [0, 0.05) is 50.2 Å². The number of piperazine rings is 1. The Morgan fingerprint density at radius 3 is 2.17 bits per heavy atom. The molecule has 0 amide bonds. The molecule has 1 aromatic heterocycles. The fraction of sp³-hybridized carbons (Fsp3) is 0.333. The van der Waals surface area contributed by atoms with Crippen LogP contribution in [0.15, 0.2) is 66.7 Å². The fourth-order valence-corrected chi connectivity index (χ4v) is 3.76. The Bertz CT molecular complexity index is 905. The van der Waals surface area contributed by atoms with Gasteiger partial charge >= 0.3 is 0 Å². The van der Waals surface area contributed by atoms with E-state index in [1.54, 1.807) is 0 Å². The van der Waals surface area contributed by atoms with Gasteiger partial charge in [0.2, 0.25) is 5.95 Å². The Labute approximate surface area is 173 Å².